The zero-order valence-corrected chi connectivity index (χ0v) is 17.3. The van der Waals surface area contributed by atoms with Gasteiger partial charge >= 0.3 is 0 Å². The number of carbonyl (C=O) groups excluding carboxylic acids is 1. The lowest BCUT2D eigenvalue weighted by Gasteiger charge is -2.32. The van der Waals surface area contributed by atoms with Crippen molar-refractivity contribution in [3.63, 3.8) is 0 Å². The average molecular weight is 382 g/mol. The summed E-state index contributed by atoms with van der Waals surface area (Å²) < 4.78 is 0. The Morgan fingerprint density at radius 3 is 2.25 bits per heavy atom. The van der Waals surface area contributed by atoms with E-state index in [-0.39, 0.29) is 5.91 Å². The van der Waals surface area contributed by atoms with Gasteiger partial charge in [0.15, 0.2) is 5.82 Å². The summed E-state index contributed by atoms with van der Waals surface area (Å²) in [7, 11) is 2.09. The van der Waals surface area contributed by atoms with Gasteiger partial charge in [-0.3, -0.25) is 4.79 Å². The van der Waals surface area contributed by atoms with Crippen molar-refractivity contribution in [2.75, 3.05) is 51.2 Å². The first-order valence-corrected chi connectivity index (χ1v) is 10.3. The summed E-state index contributed by atoms with van der Waals surface area (Å²) in [6.07, 6.45) is 2.07. The lowest BCUT2D eigenvalue weighted by atomic mass is 10.2. The first kappa shape index (κ1) is 20.3. The van der Waals surface area contributed by atoms with E-state index in [1.54, 1.807) is 0 Å². The largest absolute Gasteiger partial charge is 0.357 e. The maximum Gasteiger partial charge on any atom is 0.272 e. The van der Waals surface area contributed by atoms with E-state index in [0.29, 0.717) is 11.5 Å². The summed E-state index contributed by atoms with van der Waals surface area (Å²) in [4.78, 5) is 29.1. The van der Waals surface area contributed by atoms with Gasteiger partial charge in [0, 0.05) is 50.9 Å². The van der Waals surface area contributed by atoms with Crippen molar-refractivity contribution >= 4 is 11.7 Å². The normalized spacial score (nSPS) is 14.9. The molecule has 6 nitrogen and oxygen atoms in total. The third-order valence-corrected chi connectivity index (χ3v) is 5.07. The highest BCUT2D eigenvalue weighted by Crippen LogP contribution is 2.22. The number of likely N-dealkylation sites (N-methyl/N-ethyl adjacent to an activating group) is 1. The molecule has 28 heavy (non-hydrogen) atoms. The number of aromatic nitrogens is 2. The second-order valence-electron chi connectivity index (χ2n) is 7.38. The fourth-order valence-electron chi connectivity index (χ4n) is 3.47. The van der Waals surface area contributed by atoms with Crippen LogP contribution in [0.3, 0.4) is 0 Å². The molecule has 0 bridgehead atoms. The van der Waals surface area contributed by atoms with E-state index in [9.17, 15) is 4.79 Å². The van der Waals surface area contributed by atoms with Crippen molar-refractivity contribution in [1.82, 2.24) is 19.8 Å². The maximum absolute atomic E-state index is 13.2. The van der Waals surface area contributed by atoms with Crippen LogP contribution >= 0.6 is 0 Å². The Balaban J connectivity index is 1.98. The van der Waals surface area contributed by atoms with Crippen molar-refractivity contribution in [2.45, 2.75) is 26.7 Å². The number of hydrogen-bond acceptors (Lipinski definition) is 5. The molecular weight excluding hydrogens is 350 g/mol. The summed E-state index contributed by atoms with van der Waals surface area (Å²) in [5.74, 6) is 1.46. The minimum absolute atomic E-state index is 0.00174. The lowest BCUT2D eigenvalue weighted by Crippen LogP contribution is -2.47. The van der Waals surface area contributed by atoms with Gasteiger partial charge in [-0.1, -0.05) is 44.2 Å². The number of amides is 1. The van der Waals surface area contributed by atoms with Gasteiger partial charge in [0.2, 0.25) is 0 Å². The van der Waals surface area contributed by atoms with Gasteiger partial charge in [-0.2, -0.15) is 0 Å². The lowest BCUT2D eigenvalue weighted by molar-refractivity contribution is 0.0658. The third kappa shape index (κ3) is 4.87. The molecule has 1 aromatic carbocycles. The topological polar surface area (TPSA) is 52.6 Å². The second-order valence-corrected chi connectivity index (χ2v) is 7.38. The van der Waals surface area contributed by atoms with E-state index in [1.807, 2.05) is 41.3 Å². The SMILES string of the molecule is CCCN(CCC)c1cc(C(=O)N2CCN(C)CC2)nc(-c2ccccc2)n1. The first-order chi connectivity index (χ1) is 13.6. The van der Waals surface area contributed by atoms with E-state index in [0.717, 1.165) is 63.5 Å². The van der Waals surface area contributed by atoms with E-state index < -0.39 is 0 Å². The fraction of sp³-hybridized carbons (Fsp3) is 0.500. The molecule has 1 aromatic heterocycles. The standard InChI is InChI=1S/C22H31N5O/c1-4-11-26(12-5-2)20-17-19(22(28)27-15-13-25(3)14-16-27)23-21(24-20)18-9-7-6-8-10-18/h6-10,17H,4-5,11-16H2,1-3H3. The fourth-order valence-corrected chi connectivity index (χ4v) is 3.47. The quantitative estimate of drug-likeness (QED) is 0.737. The molecule has 6 heteroatoms. The maximum atomic E-state index is 13.2. The van der Waals surface area contributed by atoms with Gasteiger partial charge in [0.25, 0.3) is 5.91 Å². The summed E-state index contributed by atoms with van der Waals surface area (Å²) in [5.41, 5.74) is 1.43. The zero-order valence-electron chi connectivity index (χ0n) is 17.3. The van der Waals surface area contributed by atoms with Crippen molar-refractivity contribution in [3.05, 3.63) is 42.1 Å². The predicted molar refractivity (Wildman–Crippen MR) is 114 cm³/mol. The highest BCUT2D eigenvalue weighted by molar-refractivity contribution is 5.93. The Labute approximate surface area is 168 Å². The molecule has 150 valence electrons. The molecule has 0 aliphatic carbocycles. The summed E-state index contributed by atoms with van der Waals surface area (Å²) in [6, 6.07) is 11.8. The molecule has 0 N–H and O–H groups in total. The number of nitrogens with zero attached hydrogens (tertiary/aromatic N) is 5. The average Bonchev–Trinajstić information content (AvgIpc) is 2.74. The van der Waals surface area contributed by atoms with Crippen LogP contribution in [-0.2, 0) is 0 Å². The van der Waals surface area contributed by atoms with Gasteiger partial charge < -0.3 is 14.7 Å². The van der Waals surface area contributed by atoms with Crippen LogP contribution < -0.4 is 4.90 Å². The van der Waals surface area contributed by atoms with Gasteiger partial charge in [0.1, 0.15) is 11.5 Å². The second kappa shape index (κ2) is 9.64. The highest BCUT2D eigenvalue weighted by Gasteiger charge is 2.23. The minimum Gasteiger partial charge on any atom is -0.357 e. The van der Waals surface area contributed by atoms with E-state index in [4.69, 9.17) is 4.98 Å². The monoisotopic (exact) mass is 381 g/mol. The molecule has 1 aliphatic heterocycles. The van der Waals surface area contributed by atoms with Crippen molar-refractivity contribution in [2.24, 2.45) is 0 Å². The Bertz CT molecular complexity index is 766. The highest BCUT2D eigenvalue weighted by atomic mass is 16.2. The Kier molecular flexibility index (Phi) is 6.98. The Hall–Kier alpha value is -2.47. The molecule has 0 saturated carbocycles. The molecule has 2 aromatic rings. The summed E-state index contributed by atoms with van der Waals surface area (Å²) in [6.45, 7) is 9.44. The van der Waals surface area contributed by atoms with Crippen LogP contribution in [0.15, 0.2) is 36.4 Å². The molecule has 1 fully saturated rings. The number of piperazine rings is 1. The van der Waals surface area contributed by atoms with Crippen LogP contribution in [-0.4, -0.2) is 72.0 Å². The van der Waals surface area contributed by atoms with Crippen LogP contribution in [0.2, 0.25) is 0 Å². The number of benzene rings is 1. The Morgan fingerprint density at radius 1 is 1.00 bits per heavy atom. The molecular formula is C22H31N5O. The van der Waals surface area contributed by atoms with E-state index in [1.165, 1.54) is 0 Å². The van der Waals surface area contributed by atoms with Gasteiger partial charge in [-0.15, -0.1) is 0 Å². The van der Waals surface area contributed by atoms with Gasteiger partial charge in [0.05, 0.1) is 0 Å². The predicted octanol–water partition coefficient (Wildman–Crippen LogP) is 3.16. The minimum atomic E-state index is 0.00174. The Morgan fingerprint density at radius 2 is 1.64 bits per heavy atom. The molecule has 0 unspecified atom stereocenters. The van der Waals surface area contributed by atoms with Gasteiger partial charge in [-0.05, 0) is 19.9 Å². The smallest absolute Gasteiger partial charge is 0.272 e. The van der Waals surface area contributed by atoms with E-state index >= 15 is 0 Å². The zero-order chi connectivity index (χ0) is 19.9. The van der Waals surface area contributed by atoms with Crippen molar-refractivity contribution < 1.29 is 4.79 Å². The molecule has 1 aliphatic rings. The van der Waals surface area contributed by atoms with Crippen LogP contribution in [0.4, 0.5) is 5.82 Å². The number of anilines is 1. The molecule has 2 heterocycles. The summed E-state index contributed by atoms with van der Waals surface area (Å²) >= 11 is 0. The molecule has 0 spiro atoms. The summed E-state index contributed by atoms with van der Waals surface area (Å²) in [5, 5.41) is 0. The number of carbonyl (C=O) groups is 1. The van der Waals surface area contributed by atoms with Crippen LogP contribution in [0, 0.1) is 0 Å². The molecule has 1 saturated heterocycles. The van der Waals surface area contributed by atoms with Gasteiger partial charge in [-0.25, -0.2) is 9.97 Å². The van der Waals surface area contributed by atoms with Crippen LogP contribution in [0.1, 0.15) is 37.2 Å². The molecule has 1 amide bonds. The molecule has 3 rings (SSSR count). The molecule has 0 atom stereocenters. The first-order valence-electron chi connectivity index (χ1n) is 10.3. The molecule has 0 radical (unpaired) electrons. The van der Waals surface area contributed by atoms with Crippen LogP contribution in [0.25, 0.3) is 11.4 Å². The van der Waals surface area contributed by atoms with Crippen molar-refractivity contribution in [3.8, 4) is 11.4 Å². The van der Waals surface area contributed by atoms with E-state index in [2.05, 4.69) is 35.7 Å². The van der Waals surface area contributed by atoms with Crippen LogP contribution in [0.5, 0.6) is 0 Å². The number of hydrogen-bond donors (Lipinski definition) is 0. The van der Waals surface area contributed by atoms with Crippen molar-refractivity contribution in [1.29, 1.82) is 0 Å². The number of rotatable bonds is 7. The third-order valence-electron chi connectivity index (χ3n) is 5.07.